The number of rotatable bonds is 5. The maximum atomic E-state index is 6.19. The van der Waals surface area contributed by atoms with Crippen molar-refractivity contribution in [2.24, 2.45) is 0 Å². The van der Waals surface area contributed by atoms with Crippen LogP contribution in [0.3, 0.4) is 0 Å². The fraction of sp³-hybridized carbons (Fsp3) is 0.400. The Labute approximate surface area is 124 Å². The van der Waals surface area contributed by atoms with Gasteiger partial charge >= 0.3 is 0 Å². The summed E-state index contributed by atoms with van der Waals surface area (Å²) in [5.41, 5.74) is 7.63. The van der Waals surface area contributed by atoms with Crippen LogP contribution >= 0.6 is 0 Å². The number of imidazole rings is 1. The van der Waals surface area contributed by atoms with E-state index in [0.717, 1.165) is 5.56 Å². The molecule has 0 radical (unpaired) electrons. The van der Waals surface area contributed by atoms with Gasteiger partial charge in [0.25, 0.3) is 0 Å². The molecule has 0 spiro atoms. The zero-order valence-electron chi connectivity index (χ0n) is 13.0. The van der Waals surface area contributed by atoms with E-state index < -0.39 is 0 Å². The highest BCUT2D eigenvalue weighted by molar-refractivity contribution is 5.80. The molecule has 0 bridgehead atoms. The number of hydrogen-bond donors (Lipinski definition) is 1. The van der Waals surface area contributed by atoms with Crippen LogP contribution in [0.2, 0.25) is 0 Å². The number of anilines is 1. The lowest BCUT2D eigenvalue weighted by Crippen LogP contribution is -2.04. The Balaban J connectivity index is 2.64. The first-order valence-electron chi connectivity index (χ1n) is 6.66. The van der Waals surface area contributed by atoms with E-state index in [1.807, 2.05) is 30.5 Å². The number of aromatic nitrogens is 2. The van der Waals surface area contributed by atoms with Gasteiger partial charge in [0, 0.05) is 6.04 Å². The van der Waals surface area contributed by atoms with Crippen molar-refractivity contribution in [3.8, 4) is 28.5 Å². The zero-order valence-corrected chi connectivity index (χ0v) is 13.0. The Morgan fingerprint density at radius 1 is 1.05 bits per heavy atom. The summed E-state index contributed by atoms with van der Waals surface area (Å²) in [6, 6.07) is 3.91. The van der Waals surface area contributed by atoms with E-state index >= 15 is 0 Å². The molecule has 0 saturated heterocycles. The van der Waals surface area contributed by atoms with Gasteiger partial charge in [-0.3, -0.25) is 0 Å². The molecular formula is C15H21N3O3. The number of hydrogen-bond acceptors (Lipinski definition) is 5. The first-order valence-corrected chi connectivity index (χ1v) is 6.66. The smallest absolute Gasteiger partial charge is 0.203 e. The second kappa shape index (κ2) is 5.95. The average Bonchev–Trinajstić information content (AvgIpc) is 2.87. The van der Waals surface area contributed by atoms with Crippen LogP contribution in [0.25, 0.3) is 11.3 Å². The van der Waals surface area contributed by atoms with E-state index in [-0.39, 0.29) is 6.04 Å². The third-order valence-electron chi connectivity index (χ3n) is 3.35. The van der Waals surface area contributed by atoms with E-state index in [9.17, 15) is 0 Å². The second-order valence-electron chi connectivity index (χ2n) is 4.86. The third kappa shape index (κ3) is 2.49. The van der Waals surface area contributed by atoms with Crippen molar-refractivity contribution in [2.45, 2.75) is 19.9 Å². The van der Waals surface area contributed by atoms with Crippen LogP contribution in [0.5, 0.6) is 17.2 Å². The van der Waals surface area contributed by atoms with Crippen molar-refractivity contribution in [1.29, 1.82) is 0 Å². The lowest BCUT2D eigenvalue weighted by Gasteiger charge is -2.15. The molecule has 2 aromatic rings. The molecule has 6 nitrogen and oxygen atoms in total. The van der Waals surface area contributed by atoms with Crippen LogP contribution in [0.4, 0.5) is 5.82 Å². The van der Waals surface area contributed by atoms with Gasteiger partial charge in [-0.1, -0.05) is 0 Å². The van der Waals surface area contributed by atoms with Crippen LogP contribution in [0.1, 0.15) is 19.9 Å². The van der Waals surface area contributed by atoms with Gasteiger partial charge in [-0.25, -0.2) is 4.98 Å². The van der Waals surface area contributed by atoms with Crippen LogP contribution in [0.15, 0.2) is 18.5 Å². The van der Waals surface area contributed by atoms with E-state index in [2.05, 4.69) is 4.98 Å². The molecule has 21 heavy (non-hydrogen) atoms. The highest BCUT2D eigenvalue weighted by Gasteiger charge is 2.21. The molecule has 114 valence electrons. The summed E-state index contributed by atoms with van der Waals surface area (Å²) in [5, 5.41) is 0. The second-order valence-corrected chi connectivity index (χ2v) is 4.86. The SMILES string of the molecule is COc1ccc(-c2ncn(C(C)C)c2N)c(OC)c1OC. The average molecular weight is 291 g/mol. The summed E-state index contributed by atoms with van der Waals surface area (Å²) in [6.45, 7) is 4.10. The Hall–Kier alpha value is -2.37. The molecule has 0 aliphatic rings. The molecule has 2 rings (SSSR count). The van der Waals surface area contributed by atoms with E-state index in [1.54, 1.807) is 27.7 Å². The van der Waals surface area contributed by atoms with Gasteiger partial charge in [0.2, 0.25) is 5.75 Å². The molecule has 0 fully saturated rings. The third-order valence-corrected chi connectivity index (χ3v) is 3.35. The molecule has 2 N–H and O–H groups in total. The quantitative estimate of drug-likeness (QED) is 0.917. The van der Waals surface area contributed by atoms with Gasteiger partial charge < -0.3 is 24.5 Å². The molecule has 0 amide bonds. The minimum absolute atomic E-state index is 0.234. The normalized spacial score (nSPS) is 10.8. The lowest BCUT2D eigenvalue weighted by molar-refractivity contribution is 0.325. The molecule has 1 heterocycles. The number of nitrogens with zero attached hydrogens (tertiary/aromatic N) is 2. The number of benzene rings is 1. The van der Waals surface area contributed by atoms with Gasteiger partial charge in [0.05, 0.1) is 33.2 Å². The molecule has 0 saturated carbocycles. The summed E-state index contributed by atoms with van der Waals surface area (Å²) in [5.74, 6) is 2.27. The summed E-state index contributed by atoms with van der Waals surface area (Å²) < 4.78 is 18.1. The minimum Gasteiger partial charge on any atom is -0.493 e. The molecule has 0 atom stereocenters. The van der Waals surface area contributed by atoms with Crippen molar-refractivity contribution in [3.63, 3.8) is 0 Å². The lowest BCUT2D eigenvalue weighted by atomic mass is 10.1. The van der Waals surface area contributed by atoms with Gasteiger partial charge in [-0.15, -0.1) is 0 Å². The number of nitrogens with two attached hydrogens (primary N) is 1. The van der Waals surface area contributed by atoms with Crippen molar-refractivity contribution >= 4 is 5.82 Å². The standard InChI is InChI=1S/C15H21N3O3/c1-9(2)18-8-17-12(15(18)16)10-6-7-11(19-3)14(21-5)13(10)20-4/h6-9H,16H2,1-5H3. The molecule has 0 aliphatic heterocycles. The zero-order chi connectivity index (χ0) is 15.6. The van der Waals surface area contributed by atoms with Crippen molar-refractivity contribution in [2.75, 3.05) is 27.1 Å². The van der Waals surface area contributed by atoms with Gasteiger partial charge in [0.1, 0.15) is 11.5 Å². The largest absolute Gasteiger partial charge is 0.493 e. The Morgan fingerprint density at radius 3 is 2.19 bits per heavy atom. The molecule has 6 heteroatoms. The van der Waals surface area contributed by atoms with Crippen LogP contribution < -0.4 is 19.9 Å². The summed E-state index contributed by atoms with van der Waals surface area (Å²) in [7, 11) is 4.73. The Bertz CT molecular complexity index is 635. The van der Waals surface area contributed by atoms with E-state index in [4.69, 9.17) is 19.9 Å². The van der Waals surface area contributed by atoms with E-state index in [1.165, 1.54) is 0 Å². The number of methoxy groups -OCH3 is 3. The first kappa shape index (κ1) is 15.0. The fourth-order valence-electron chi connectivity index (χ4n) is 2.28. The van der Waals surface area contributed by atoms with Crippen molar-refractivity contribution in [1.82, 2.24) is 9.55 Å². The fourth-order valence-corrected chi connectivity index (χ4v) is 2.28. The molecule has 1 aromatic carbocycles. The molecule has 1 aromatic heterocycles. The van der Waals surface area contributed by atoms with Crippen molar-refractivity contribution < 1.29 is 14.2 Å². The first-order chi connectivity index (χ1) is 10.0. The van der Waals surface area contributed by atoms with Crippen LogP contribution in [0, 0.1) is 0 Å². The Kier molecular flexibility index (Phi) is 4.26. The van der Waals surface area contributed by atoms with Crippen LogP contribution in [-0.2, 0) is 0 Å². The summed E-state index contributed by atoms with van der Waals surface area (Å²) in [6.07, 6.45) is 1.73. The topological polar surface area (TPSA) is 71.5 Å². The minimum atomic E-state index is 0.234. The van der Waals surface area contributed by atoms with Crippen LogP contribution in [-0.4, -0.2) is 30.9 Å². The Morgan fingerprint density at radius 2 is 1.71 bits per heavy atom. The van der Waals surface area contributed by atoms with Crippen molar-refractivity contribution in [3.05, 3.63) is 18.5 Å². The highest BCUT2D eigenvalue weighted by atomic mass is 16.5. The number of nitrogen functional groups attached to an aromatic ring is 1. The maximum Gasteiger partial charge on any atom is 0.203 e. The van der Waals surface area contributed by atoms with E-state index in [0.29, 0.717) is 28.8 Å². The number of ether oxygens (including phenoxy) is 3. The highest BCUT2D eigenvalue weighted by Crippen LogP contribution is 2.45. The van der Waals surface area contributed by atoms with Gasteiger partial charge in [-0.05, 0) is 26.0 Å². The summed E-state index contributed by atoms with van der Waals surface area (Å²) in [4.78, 5) is 4.41. The predicted octanol–water partition coefficient (Wildman–Crippen LogP) is 2.74. The van der Waals surface area contributed by atoms with Gasteiger partial charge in [0.15, 0.2) is 11.5 Å². The predicted molar refractivity (Wildman–Crippen MR) is 82.1 cm³/mol. The maximum absolute atomic E-state index is 6.19. The monoisotopic (exact) mass is 291 g/mol. The molecular weight excluding hydrogens is 270 g/mol. The summed E-state index contributed by atoms with van der Waals surface area (Å²) >= 11 is 0. The van der Waals surface area contributed by atoms with Gasteiger partial charge in [-0.2, -0.15) is 0 Å². The molecule has 0 unspecified atom stereocenters. The molecule has 0 aliphatic carbocycles.